The first-order valence-corrected chi connectivity index (χ1v) is 7.03. The molecule has 0 saturated carbocycles. The maximum atomic E-state index is 11.5. The Morgan fingerprint density at radius 3 is 2.57 bits per heavy atom. The number of rotatable bonds is 4. The summed E-state index contributed by atoms with van der Waals surface area (Å²) in [5.41, 5.74) is -0.0462. The van der Waals surface area contributed by atoms with Crippen LogP contribution in [0.2, 0.25) is 0 Å². The number of nitrogens with one attached hydrogen (secondary N) is 1. The first-order valence-electron chi connectivity index (χ1n) is 5.96. The van der Waals surface area contributed by atoms with Gasteiger partial charge in [-0.05, 0) is 46.9 Å². The van der Waals surface area contributed by atoms with Crippen molar-refractivity contribution in [2.75, 3.05) is 7.05 Å². The molecule has 2 aromatic carbocycles. The van der Waals surface area contributed by atoms with Gasteiger partial charge in [0.15, 0.2) is 0 Å². The smallest absolute Gasteiger partial charge is 0.312 e. The lowest BCUT2D eigenvalue weighted by atomic mass is 10.1. The molecule has 0 heterocycles. The maximum absolute atomic E-state index is 11.5. The van der Waals surface area contributed by atoms with Gasteiger partial charge >= 0.3 is 5.69 Å². The molecule has 0 aliphatic rings. The summed E-state index contributed by atoms with van der Waals surface area (Å²) in [6.07, 6.45) is 0. The lowest BCUT2D eigenvalue weighted by Gasteiger charge is -2.09. The van der Waals surface area contributed by atoms with Gasteiger partial charge < -0.3 is 10.1 Å². The zero-order chi connectivity index (χ0) is 15.4. The van der Waals surface area contributed by atoms with Crippen molar-refractivity contribution in [3.05, 3.63) is 61.7 Å². The highest BCUT2D eigenvalue weighted by Crippen LogP contribution is 2.34. The fraction of sp³-hybridized carbons (Fsp3) is 0.0714. The number of nitro benzene ring substituents is 1. The van der Waals surface area contributed by atoms with Crippen molar-refractivity contribution < 1.29 is 14.5 Å². The van der Waals surface area contributed by atoms with Crippen LogP contribution < -0.4 is 10.1 Å². The molecule has 0 aromatic heterocycles. The summed E-state index contributed by atoms with van der Waals surface area (Å²) < 4.78 is 6.42. The second kappa shape index (κ2) is 6.53. The molecule has 0 spiro atoms. The second-order valence-electron chi connectivity index (χ2n) is 4.05. The maximum Gasteiger partial charge on any atom is 0.312 e. The van der Waals surface area contributed by atoms with E-state index < -0.39 is 4.92 Å². The molecule has 21 heavy (non-hydrogen) atoms. The molecule has 0 fully saturated rings. The predicted octanol–water partition coefficient (Wildman–Crippen LogP) is 3.35. The van der Waals surface area contributed by atoms with E-state index in [1.165, 1.54) is 25.2 Å². The van der Waals surface area contributed by atoms with Crippen molar-refractivity contribution in [3.63, 3.8) is 0 Å². The third-order valence-corrected chi connectivity index (χ3v) is 3.59. The van der Waals surface area contributed by atoms with Crippen LogP contribution in [0.15, 0.2) is 42.5 Å². The summed E-state index contributed by atoms with van der Waals surface area (Å²) in [4.78, 5) is 22.1. The molecule has 0 aliphatic heterocycles. The van der Waals surface area contributed by atoms with Gasteiger partial charge in [-0.15, -0.1) is 0 Å². The Bertz CT molecular complexity index is 703. The molecule has 0 saturated heterocycles. The highest BCUT2D eigenvalue weighted by atomic mass is 127. The predicted molar refractivity (Wildman–Crippen MR) is 85.7 cm³/mol. The number of carbonyl (C=O) groups is 1. The molecule has 1 amide bonds. The number of para-hydroxylation sites is 1. The van der Waals surface area contributed by atoms with E-state index in [9.17, 15) is 14.9 Å². The van der Waals surface area contributed by atoms with Crippen LogP contribution in [0.4, 0.5) is 5.69 Å². The first kappa shape index (κ1) is 15.2. The van der Waals surface area contributed by atoms with Crippen molar-refractivity contribution >= 4 is 34.2 Å². The number of hydrogen-bond donors (Lipinski definition) is 1. The number of benzene rings is 2. The van der Waals surface area contributed by atoms with Crippen LogP contribution in [0.3, 0.4) is 0 Å². The number of nitro groups is 1. The van der Waals surface area contributed by atoms with E-state index in [-0.39, 0.29) is 22.9 Å². The summed E-state index contributed by atoms with van der Waals surface area (Å²) in [5, 5.41) is 13.6. The van der Waals surface area contributed by atoms with E-state index in [4.69, 9.17) is 4.74 Å². The number of amides is 1. The summed E-state index contributed by atoms with van der Waals surface area (Å²) in [7, 11) is 1.46. The van der Waals surface area contributed by atoms with Gasteiger partial charge in [0, 0.05) is 18.7 Å². The van der Waals surface area contributed by atoms with Crippen molar-refractivity contribution in [3.8, 4) is 11.5 Å². The van der Waals surface area contributed by atoms with Crippen molar-refractivity contribution in [1.29, 1.82) is 0 Å². The molecule has 0 atom stereocenters. The molecule has 0 bridgehead atoms. The lowest BCUT2D eigenvalue weighted by molar-refractivity contribution is -0.385. The minimum absolute atomic E-state index is 0.0942. The van der Waals surface area contributed by atoms with Crippen molar-refractivity contribution in [1.82, 2.24) is 5.32 Å². The topological polar surface area (TPSA) is 81.5 Å². The van der Waals surface area contributed by atoms with Gasteiger partial charge in [0.25, 0.3) is 5.91 Å². The van der Waals surface area contributed by atoms with Crippen LogP contribution in [0, 0.1) is 13.7 Å². The van der Waals surface area contributed by atoms with Crippen LogP contribution in [-0.4, -0.2) is 17.9 Å². The number of hydrogen-bond acceptors (Lipinski definition) is 4. The minimum Gasteiger partial charge on any atom is -0.449 e. The fourth-order valence-electron chi connectivity index (χ4n) is 1.68. The van der Waals surface area contributed by atoms with Gasteiger partial charge in [-0.1, -0.05) is 12.1 Å². The standard InChI is InChI=1S/C14H11IN2O4/c1-16-14(18)9-6-7-13(11(8-9)17(19)20)21-12-5-3-2-4-10(12)15/h2-8H,1H3,(H,16,18). The Morgan fingerprint density at radius 1 is 1.24 bits per heavy atom. The van der Waals surface area contributed by atoms with Crippen molar-refractivity contribution in [2.24, 2.45) is 0 Å². The van der Waals surface area contributed by atoms with E-state index in [0.717, 1.165) is 3.57 Å². The van der Waals surface area contributed by atoms with Gasteiger partial charge in [0.2, 0.25) is 5.75 Å². The largest absolute Gasteiger partial charge is 0.449 e. The van der Waals surface area contributed by atoms with Crippen LogP contribution in [0.25, 0.3) is 0 Å². The molecular formula is C14H11IN2O4. The molecule has 0 unspecified atom stereocenters. The molecule has 0 radical (unpaired) electrons. The molecule has 108 valence electrons. The zero-order valence-electron chi connectivity index (χ0n) is 11.0. The Balaban J connectivity index is 2.42. The summed E-state index contributed by atoms with van der Waals surface area (Å²) >= 11 is 2.08. The molecular weight excluding hydrogens is 387 g/mol. The van der Waals surface area contributed by atoms with Crippen LogP contribution in [0.1, 0.15) is 10.4 Å². The highest BCUT2D eigenvalue weighted by molar-refractivity contribution is 14.1. The lowest BCUT2D eigenvalue weighted by Crippen LogP contribution is -2.17. The van der Waals surface area contributed by atoms with Gasteiger partial charge in [0.1, 0.15) is 5.75 Å². The number of nitrogens with zero attached hydrogens (tertiary/aromatic N) is 1. The summed E-state index contributed by atoms with van der Waals surface area (Å²) in [6, 6.07) is 11.3. The van der Waals surface area contributed by atoms with E-state index in [1.807, 2.05) is 12.1 Å². The van der Waals surface area contributed by atoms with Crippen molar-refractivity contribution in [2.45, 2.75) is 0 Å². The quantitative estimate of drug-likeness (QED) is 0.487. The SMILES string of the molecule is CNC(=O)c1ccc(Oc2ccccc2I)c([N+](=O)[O-])c1. The van der Waals surface area contributed by atoms with E-state index in [1.54, 1.807) is 12.1 Å². The second-order valence-corrected chi connectivity index (χ2v) is 5.21. The Morgan fingerprint density at radius 2 is 1.95 bits per heavy atom. The number of halogens is 1. The number of ether oxygens (including phenoxy) is 1. The van der Waals surface area contributed by atoms with Gasteiger partial charge in [-0.3, -0.25) is 14.9 Å². The van der Waals surface area contributed by atoms with Gasteiger partial charge in [0.05, 0.1) is 8.49 Å². The average molecular weight is 398 g/mol. The third kappa shape index (κ3) is 3.48. The molecule has 1 N–H and O–H groups in total. The zero-order valence-corrected chi connectivity index (χ0v) is 13.2. The molecule has 6 nitrogen and oxygen atoms in total. The Kier molecular flexibility index (Phi) is 4.73. The Hall–Kier alpha value is -2.16. The monoisotopic (exact) mass is 398 g/mol. The number of carbonyl (C=O) groups excluding carboxylic acids is 1. The van der Waals surface area contributed by atoms with E-state index in [2.05, 4.69) is 27.9 Å². The van der Waals surface area contributed by atoms with Crippen LogP contribution in [0.5, 0.6) is 11.5 Å². The average Bonchev–Trinajstić information content (AvgIpc) is 2.49. The summed E-state index contributed by atoms with van der Waals surface area (Å²) in [6.45, 7) is 0. The van der Waals surface area contributed by atoms with Gasteiger partial charge in [-0.2, -0.15) is 0 Å². The molecule has 0 aliphatic carbocycles. The van der Waals surface area contributed by atoms with Gasteiger partial charge in [-0.25, -0.2) is 0 Å². The summed E-state index contributed by atoms with van der Waals surface area (Å²) in [5.74, 6) is 0.226. The van der Waals surface area contributed by atoms with E-state index >= 15 is 0 Å². The minimum atomic E-state index is -0.572. The van der Waals surface area contributed by atoms with Crippen LogP contribution in [-0.2, 0) is 0 Å². The fourth-order valence-corrected chi connectivity index (χ4v) is 2.18. The van der Waals surface area contributed by atoms with E-state index in [0.29, 0.717) is 5.75 Å². The molecule has 2 aromatic rings. The Labute approximate surface area is 134 Å². The highest BCUT2D eigenvalue weighted by Gasteiger charge is 2.19. The third-order valence-electron chi connectivity index (χ3n) is 2.70. The normalized spacial score (nSPS) is 10.0. The molecule has 7 heteroatoms. The van der Waals surface area contributed by atoms with Crippen LogP contribution >= 0.6 is 22.6 Å². The first-order chi connectivity index (χ1) is 10.0. The molecule has 2 rings (SSSR count).